The molecule has 1 aliphatic rings. The highest BCUT2D eigenvalue weighted by Crippen LogP contribution is 2.43. The van der Waals surface area contributed by atoms with Gasteiger partial charge in [0.2, 0.25) is 0 Å². The number of esters is 1. The number of hydrogen-bond donors (Lipinski definition) is 0. The third-order valence-corrected chi connectivity index (χ3v) is 4.59. The van der Waals surface area contributed by atoms with E-state index >= 15 is 0 Å². The van der Waals surface area contributed by atoms with Crippen LogP contribution in [0, 0.1) is 0 Å². The zero-order chi connectivity index (χ0) is 16.7. The average molecular weight is 318 g/mol. The predicted octanol–water partition coefficient (Wildman–Crippen LogP) is 4.54. The van der Waals surface area contributed by atoms with Crippen molar-refractivity contribution in [3.05, 3.63) is 59.7 Å². The quantitative estimate of drug-likeness (QED) is 0.514. The fourth-order valence-electron chi connectivity index (χ4n) is 3.56. The summed E-state index contributed by atoms with van der Waals surface area (Å²) in [5.74, 6) is 1.05. The highest BCUT2D eigenvalue weighted by atomic mass is 16.5. The summed E-state index contributed by atoms with van der Waals surface area (Å²) in [7, 11) is 1.64. The smallest absolute Gasteiger partial charge is 0.308 e. The first-order valence-electron chi connectivity index (χ1n) is 8.07. The van der Waals surface area contributed by atoms with E-state index in [4.69, 9.17) is 9.47 Å². The van der Waals surface area contributed by atoms with Crippen LogP contribution in [0.25, 0.3) is 21.9 Å². The molecular weight excluding hydrogens is 300 g/mol. The van der Waals surface area contributed by atoms with Crippen molar-refractivity contribution in [3.8, 4) is 22.6 Å². The second kappa shape index (κ2) is 5.68. The fourth-order valence-corrected chi connectivity index (χ4v) is 3.56. The average Bonchev–Trinajstić information content (AvgIpc) is 2.60. The van der Waals surface area contributed by atoms with E-state index < -0.39 is 0 Å². The Morgan fingerprint density at radius 1 is 0.958 bits per heavy atom. The van der Waals surface area contributed by atoms with Crippen LogP contribution in [0.3, 0.4) is 0 Å². The van der Waals surface area contributed by atoms with E-state index in [0.29, 0.717) is 5.75 Å². The molecule has 1 aliphatic carbocycles. The van der Waals surface area contributed by atoms with Gasteiger partial charge in [0.15, 0.2) is 0 Å². The van der Waals surface area contributed by atoms with Gasteiger partial charge < -0.3 is 9.47 Å². The monoisotopic (exact) mass is 318 g/mol. The summed E-state index contributed by atoms with van der Waals surface area (Å²) in [6.07, 6.45) is 1.95. The first kappa shape index (κ1) is 14.8. The minimum absolute atomic E-state index is 0.310. The molecule has 0 fully saturated rings. The van der Waals surface area contributed by atoms with E-state index in [9.17, 15) is 4.79 Å². The molecule has 0 heterocycles. The largest absolute Gasteiger partial charge is 0.497 e. The number of methoxy groups -OCH3 is 1. The number of ether oxygens (including phenoxy) is 2. The molecule has 0 atom stereocenters. The van der Waals surface area contributed by atoms with Gasteiger partial charge in [-0.3, -0.25) is 4.79 Å². The molecule has 0 radical (unpaired) electrons. The van der Waals surface area contributed by atoms with Crippen LogP contribution in [0.1, 0.15) is 18.1 Å². The Balaban J connectivity index is 2.06. The SMILES string of the molecule is COc1ccc2c3c(cc(OC(C)=O)c2c1)CCc1ccccc1-3. The molecule has 0 aromatic heterocycles. The van der Waals surface area contributed by atoms with Crippen LogP contribution < -0.4 is 9.47 Å². The molecule has 3 nitrogen and oxygen atoms in total. The highest BCUT2D eigenvalue weighted by Gasteiger charge is 2.21. The molecule has 0 spiro atoms. The molecular formula is C21H18O3. The Kier molecular flexibility index (Phi) is 3.49. The van der Waals surface area contributed by atoms with E-state index in [1.165, 1.54) is 29.2 Å². The molecule has 0 bridgehead atoms. The van der Waals surface area contributed by atoms with Gasteiger partial charge in [0.05, 0.1) is 7.11 Å². The third kappa shape index (κ3) is 2.33. The molecule has 0 amide bonds. The zero-order valence-corrected chi connectivity index (χ0v) is 13.8. The van der Waals surface area contributed by atoms with Crippen LogP contribution in [0.4, 0.5) is 0 Å². The lowest BCUT2D eigenvalue weighted by molar-refractivity contribution is -0.131. The van der Waals surface area contributed by atoms with Crippen LogP contribution in [-0.4, -0.2) is 13.1 Å². The van der Waals surface area contributed by atoms with Crippen LogP contribution in [0.5, 0.6) is 11.5 Å². The number of fused-ring (bicyclic) bond motifs is 5. The third-order valence-electron chi connectivity index (χ3n) is 4.59. The topological polar surface area (TPSA) is 35.5 Å². The molecule has 3 heteroatoms. The second-order valence-electron chi connectivity index (χ2n) is 6.07. The van der Waals surface area contributed by atoms with Gasteiger partial charge in [-0.15, -0.1) is 0 Å². The standard InChI is InChI=1S/C21H18O3/c1-13(22)24-20-11-15-8-7-14-5-3-4-6-17(14)21(15)18-10-9-16(23-2)12-19(18)20/h3-6,9-12H,7-8H2,1-2H3. The predicted molar refractivity (Wildman–Crippen MR) is 94.7 cm³/mol. The fraction of sp³-hybridized carbons (Fsp3) is 0.190. The van der Waals surface area contributed by atoms with Gasteiger partial charge in [-0.1, -0.05) is 24.3 Å². The molecule has 0 aliphatic heterocycles. The minimum atomic E-state index is -0.310. The number of hydrogen-bond acceptors (Lipinski definition) is 3. The van der Waals surface area contributed by atoms with E-state index in [-0.39, 0.29) is 5.97 Å². The molecule has 0 N–H and O–H groups in total. The summed E-state index contributed by atoms with van der Waals surface area (Å²) < 4.78 is 10.8. The van der Waals surface area contributed by atoms with E-state index in [1.807, 2.05) is 18.2 Å². The summed E-state index contributed by atoms with van der Waals surface area (Å²) in [6.45, 7) is 1.43. The van der Waals surface area contributed by atoms with Crippen LogP contribution in [-0.2, 0) is 17.6 Å². The number of rotatable bonds is 2. The molecule has 3 aromatic carbocycles. The van der Waals surface area contributed by atoms with E-state index in [0.717, 1.165) is 29.4 Å². The number of carbonyl (C=O) groups is 1. The van der Waals surface area contributed by atoms with Gasteiger partial charge in [-0.05, 0) is 64.7 Å². The van der Waals surface area contributed by atoms with Crippen molar-refractivity contribution in [1.29, 1.82) is 0 Å². The zero-order valence-electron chi connectivity index (χ0n) is 13.8. The van der Waals surface area contributed by atoms with Gasteiger partial charge in [-0.2, -0.15) is 0 Å². The summed E-state index contributed by atoms with van der Waals surface area (Å²) in [5.41, 5.74) is 5.10. The van der Waals surface area contributed by atoms with Crippen molar-refractivity contribution >= 4 is 16.7 Å². The molecule has 0 saturated carbocycles. The van der Waals surface area contributed by atoms with Crippen LogP contribution >= 0.6 is 0 Å². The summed E-state index contributed by atoms with van der Waals surface area (Å²) in [4.78, 5) is 11.5. The minimum Gasteiger partial charge on any atom is -0.497 e. The summed E-state index contributed by atoms with van der Waals surface area (Å²) in [6, 6.07) is 16.5. The lowest BCUT2D eigenvalue weighted by Crippen LogP contribution is -2.07. The maximum absolute atomic E-state index is 11.5. The Morgan fingerprint density at radius 3 is 2.54 bits per heavy atom. The Morgan fingerprint density at radius 2 is 1.75 bits per heavy atom. The van der Waals surface area contributed by atoms with Gasteiger partial charge in [0.25, 0.3) is 0 Å². The van der Waals surface area contributed by atoms with Crippen molar-refractivity contribution < 1.29 is 14.3 Å². The van der Waals surface area contributed by atoms with Gasteiger partial charge in [-0.25, -0.2) is 0 Å². The molecule has 0 saturated heterocycles. The molecule has 0 unspecified atom stereocenters. The molecule has 4 rings (SSSR count). The molecule has 3 aromatic rings. The van der Waals surface area contributed by atoms with Crippen molar-refractivity contribution in [2.45, 2.75) is 19.8 Å². The van der Waals surface area contributed by atoms with Gasteiger partial charge in [0, 0.05) is 12.3 Å². The lowest BCUT2D eigenvalue weighted by Gasteiger charge is -2.23. The van der Waals surface area contributed by atoms with Crippen molar-refractivity contribution in [2.24, 2.45) is 0 Å². The van der Waals surface area contributed by atoms with Gasteiger partial charge >= 0.3 is 5.97 Å². The van der Waals surface area contributed by atoms with Crippen LogP contribution in [0.2, 0.25) is 0 Å². The Labute approximate surface area is 140 Å². The highest BCUT2D eigenvalue weighted by molar-refractivity contribution is 6.04. The summed E-state index contributed by atoms with van der Waals surface area (Å²) >= 11 is 0. The van der Waals surface area contributed by atoms with Gasteiger partial charge in [0.1, 0.15) is 11.5 Å². The van der Waals surface area contributed by atoms with E-state index in [1.54, 1.807) is 7.11 Å². The molecule has 24 heavy (non-hydrogen) atoms. The second-order valence-corrected chi connectivity index (χ2v) is 6.07. The maximum Gasteiger partial charge on any atom is 0.308 e. The number of benzene rings is 3. The summed E-state index contributed by atoms with van der Waals surface area (Å²) in [5, 5.41) is 2.00. The Hall–Kier alpha value is -2.81. The maximum atomic E-state index is 11.5. The van der Waals surface area contributed by atoms with Crippen molar-refractivity contribution in [1.82, 2.24) is 0 Å². The first-order valence-corrected chi connectivity index (χ1v) is 8.07. The van der Waals surface area contributed by atoms with E-state index in [2.05, 4.69) is 30.3 Å². The van der Waals surface area contributed by atoms with Crippen molar-refractivity contribution in [3.63, 3.8) is 0 Å². The number of aryl methyl sites for hydroxylation is 2. The van der Waals surface area contributed by atoms with Crippen molar-refractivity contribution in [2.75, 3.05) is 7.11 Å². The first-order chi connectivity index (χ1) is 11.7. The Bertz CT molecular complexity index is 957. The van der Waals surface area contributed by atoms with Crippen LogP contribution in [0.15, 0.2) is 48.5 Å². The number of carbonyl (C=O) groups excluding carboxylic acids is 1. The normalized spacial score (nSPS) is 12.4. The molecule has 120 valence electrons. The lowest BCUT2D eigenvalue weighted by atomic mass is 9.82.